The van der Waals surface area contributed by atoms with Gasteiger partial charge >= 0.3 is 5.69 Å². The normalized spacial score (nSPS) is 16.6. The zero-order valence-electron chi connectivity index (χ0n) is 34.6. The van der Waals surface area contributed by atoms with Gasteiger partial charge in [0.2, 0.25) is 17.7 Å². The zero-order chi connectivity index (χ0) is 43.2. The highest BCUT2D eigenvalue weighted by Crippen LogP contribution is 2.41. The maximum Gasteiger partial charge on any atom is 0.329 e. The quantitative estimate of drug-likeness (QED) is 0.0715. The average Bonchev–Trinajstić information content (AvgIpc) is 3.72. The minimum Gasteiger partial charge on any atom is -0.381 e. The van der Waals surface area contributed by atoms with Crippen LogP contribution in [0.4, 0.5) is 5.69 Å². The van der Waals surface area contributed by atoms with Crippen LogP contribution in [0.1, 0.15) is 46.6 Å². The number of fused-ring (bicyclic) bond motifs is 6. The molecule has 2 aliphatic heterocycles. The number of imide groups is 1. The van der Waals surface area contributed by atoms with Crippen LogP contribution in [-0.2, 0) is 53.3 Å². The minimum atomic E-state index is -0.715. The molecule has 17 heteroatoms. The fourth-order valence-corrected chi connectivity index (χ4v) is 8.89. The summed E-state index contributed by atoms with van der Waals surface area (Å²) in [5.41, 5.74) is 6.44. The van der Waals surface area contributed by atoms with Gasteiger partial charge in [-0.2, -0.15) is 0 Å². The van der Waals surface area contributed by atoms with E-state index in [-0.39, 0.29) is 49.1 Å². The molecule has 1 fully saturated rings. The number of ether oxygens (including phenoxy) is 4. The summed E-state index contributed by atoms with van der Waals surface area (Å²) >= 11 is 1.49. The van der Waals surface area contributed by atoms with E-state index in [1.165, 1.54) is 20.5 Å². The fraction of sp³-hybridized carbons (Fsp3) is 0.378. The molecule has 4 amide bonds. The molecular weight excluding hydrogens is 815 g/mol. The number of nitrogens with one attached hydrogen (secondary N) is 4. The van der Waals surface area contributed by atoms with Gasteiger partial charge in [0.15, 0.2) is 0 Å². The van der Waals surface area contributed by atoms with Crippen molar-refractivity contribution in [3.63, 3.8) is 0 Å². The third-order valence-electron chi connectivity index (χ3n) is 11.0. The molecule has 2 aliphatic rings. The van der Waals surface area contributed by atoms with Gasteiger partial charge in [-0.3, -0.25) is 33.6 Å². The second-order valence-corrected chi connectivity index (χ2v) is 16.4. The van der Waals surface area contributed by atoms with E-state index in [4.69, 9.17) is 23.9 Å². The number of hydrogen-bond acceptors (Lipinski definition) is 12. The van der Waals surface area contributed by atoms with E-state index in [2.05, 4.69) is 27.3 Å². The Morgan fingerprint density at radius 3 is 2.44 bits per heavy atom. The van der Waals surface area contributed by atoms with Gasteiger partial charge in [0.25, 0.3) is 5.91 Å². The molecule has 324 valence electrons. The van der Waals surface area contributed by atoms with Crippen molar-refractivity contribution in [2.24, 2.45) is 7.05 Å². The van der Waals surface area contributed by atoms with Crippen LogP contribution in [0.3, 0.4) is 0 Å². The van der Waals surface area contributed by atoms with Gasteiger partial charge < -0.3 is 34.9 Å². The first-order chi connectivity index (χ1) is 30.1. The molecule has 4 N–H and O–H groups in total. The van der Waals surface area contributed by atoms with Crippen LogP contribution in [-0.4, -0.2) is 103 Å². The van der Waals surface area contributed by atoms with E-state index in [9.17, 15) is 24.0 Å². The smallest absolute Gasteiger partial charge is 0.329 e. The van der Waals surface area contributed by atoms with E-state index in [1.54, 1.807) is 7.05 Å². The summed E-state index contributed by atoms with van der Waals surface area (Å²) in [7, 11) is 1.67. The van der Waals surface area contributed by atoms with Crippen molar-refractivity contribution in [1.29, 1.82) is 0 Å². The lowest BCUT2D eigenvalue weighted by Crippen LogP contribution is -2.44. The Hall–Kier alpha value is -5.98. The lowest BCUT2D eigenvalue weighted by molar-refractivity contribution is -0.135. The Kier molecular flexibility index (Phi) is 13.3. The number of aromatic nitrogens is 3. The van der Waals surface area contributed by atoms with Crippen LogP contribution in [0, 0.1) is 0 Å². The minimum absolute atomic E-state index is 0.0343. The van der Waals surface area contributed by atoms with Crippen LogP contribution in [0.25, 0.3) is 43.3 Å². The van der Waals surface area contributed by atoms with Crippen molar-refractivity contribution in [3.8, 4) is 11.3 Å². The van der Waals surface area contributed by atoms with Gasteiger partial charge in [0.1, 0.15) is 17.5 Å². The standard InChI is InChI=1S/C45H49N7O9S/c1-27-24-47-41-40-31-7-8-32(49-33(31)9-12-37(40)62-42(41)44(56)48-27)30-5-3-4-29(22-30)25-46-39(54)26-61-21-20-60-19-18-59-17-16-58-15-14-28-6-10-34-36(23-28)51(2)45(57)52(34)35-11-13-38(53)50-43(35)55/h3-10,12,22-23,27,35,47H,11,13-21,24-26H2,1-2H3,(H,46,54)(H,48,56)(H,50,53,55)/t27-,35?/m1/s1. The highest BCUT2D eigenvalue weighted by molar-refractivity contribution is 7.21. The summed E-state index contributed by atoms with van der Waals surface area (Å²) in [6, 6.07) is 21.0. The summed E-state index contributed by atoms with van der Waals surface area (Å²) in [4.78, 5) is 68.0. The highest BCUT2D eigenvalue weighted by atomic mass is 32.1. The summed E-state index contributed by atoms with van der Waals surface area (Å²) in [6.07, 6.45) is 1.12. The monoisotopic (exact) mass is 863 g/mol. The number of benzene rings is 3. The Morgan fingerprint density at radius 1 is 0.871 bits per heavy atom. The molecule has 16 nitrogen and oxygen atoms in total. The number of imidazole rings is 1. The van der Waals surface area contributed by atoms with Gasteiger partial charge in [-0.1, -0.05) is 24.3 Å². The predicted molar refractivity (Wildman–Crippen MR) is 235 cm³/mol. The first-order valence-corrected chi connectivity index (χ1v) is 21.6. The molecule has 2 atom stereocenters. The third kappa shape index (κ3) is 9.56. The number of rotatable bonds is 18. The molecule has 1 saturated heterocycles. The van der Waals surface area contributed by atoms with E-state index in [1.807, 2.05) is 67.6 Å². The predicted octanol–water partition coefficient (Wildman–Crippen LogP) is 4.22. The first-order valence-electron chi connectivity index (χ1n) is 20.8. The number of thiophene rings is 1. The third-order valence-corrected chi connectivity index (χ3v) is 12.1. The maximum absolute atomic E-state index is 13.0. The van der Waals surface area contributed by atoms with E-state index in [0.717, 1.165) is 49.1 Å². The molecule has 0 saturated carbocycles. The number of carbonyl (C=O) groups is 4. The molecule has 62 heavy (non-hydrogen) atoms. The van der Waals surface area contributed by atoms with Gasteiger partial charge in [-0.15, -0.1) is 11.3 Å². The number of nitrogens with zero attached hydrogens (tertiary/aromatic N) is 3. The lowest BCUT2D eigenvalue weighted by Gasteiger charge is -2.21. The molecule has 6 aromatic rings. The van der Waals surface area contributed by atoms with Crippen molar-refractivity contribution in [2.45, 2.75) is 44.8 Å². The number of carbonyl (C=O) groups excluding carboxylic acids is 4. The highest BCUT2D eigenvalue weighted by Gasteiger charge is 2.31. The summed E-state index contributed by atoms with van der Waals surface area (Å²) in [6.45, 7) is 5.55. The zero-order valence-corrected chi connectivity index (χ0v) is 35.4. The summed E-state index contributed by atoms with van der Waals surface area (Å²) in [5, 5.41) is 13.8. The maximum atomic E-state index is 13.0. The number of amides is 4. The number of anilines is 1. The molecular formula is C45H49N7O9S. The summed E-state index contributed by atoms with van der Waals surface area (Å²) < 4.78 is 26.4. The average molecular weight is 864 g/mol. The molecule has 3 aromatic heterocycles. The number of hydrogen-bond donors (Lipinski definition) is 4. The molecule has 1 unspecified atom stereocenters. The van der Waals surface area contributed by atoms with Gasteiger partial charge in [0.05, 0.1) is 74.2 Å². The van der Waals surface area contributed by atoms with Gasteiger partial charge in [-0.25, -0.2) is 9.78 Å². The number of piperidine rings is 1. The molecule has 8 rings (SSSR count). The van der Waals surface area contributed by atoms with E-state index >= 15 is 0 Å². The largest absolute Gasteiger partial charge is 0.381 e. The second kappa shape index (κ2) is 19.4. The molecule has 0 radical (unpaired) electrons. The van der Waals surface area contributed by atoms with E-state index in [0.29, 0.717) is 81.5 Å². The second-order valence-electron chi connectivity index (χ2n) is 15.4. The Morgan fingerprint density at radius 2 is 1.65 bits per heavy atom. The van der Waals surface area contributed by atoms with E-state index < -0.39 is 11.9 Å². The van der Waals surface area contributed by atoms with Crippen molar-refractivity contribution in [3.05, 3.63) is 93.2 Å². The molecule has 0 spiro atoms. The van der Waals surface area contributed by atoms with Crippen molar-refractivity contribution in [2.75, 3.05) is 64.7 Å². The fourth-order valence-electron chi connectivity index (χ4n) is 7.79. The molecule has 0 bridgehead atoms. The van der Waals surface area contributed by atoms with Crippen LogP contribution in [0.5, 0.6) is 0 Å². The SMILES string of the molecule is C[C@@H]1CNc2c(sc3ccc4nc(-c5cccc(CNC(=O)COCCOCCOCCOCCc6ccc7c(c6)n(C)c(=O)n7C6CCC(=O)NC6=O)c5)ccc4c23)C(=O)N1. The lowest BCUT2D eigenvalue weighted by atomic mass is 10.0. The van der Waals surface area contributed by atoms with Crippen molar-refractivity contribution >= 4 is 72.7 Å². The van der Waals surface area contributed by atoms with Crippen molar-refractivity contribution in [1.82, 2.24) is 30.1 Å². The Bertz CT molecular complexity index is 2710. The molecule has 0 aliphatic carbocycles. The van der Waals surface area contributed by atoms with Crippen LogP contribution in [0.2, 0.25) is 0 Å². The topological polar surface area (TPSA) is 193 Å². The molecule has 3 aromatic carbocycles. The van der Waals surface area contributed by atoms with Gasteiger partial charge in [0, 0.05) is 53.6 Å². The number of aryl methyl sites for hydroxylation is 1. The van der Waals surface area contributed by atoms with Crippen LogP contribution < -0.4 is 27.0 Å². The van der Waals surface area contributed by atoms with Crippen molar-refractivity contribution < 1.29 is 38.1 Å². The summed E-state index contributed by atoms with van der Waals surface area (Å²) in [5.74, 6) is -1.06. The van der Waals surface area contributed by atoms with Crippen LogP contribution in [0.15, 0.2) is 71.5 Å². The first kappa shape index (κ1) is 42.7. The number of pyridine rings is 1. The Balaban J connectivity index is 0.690. The Labute approximate surface area is 360 Å². The van der Waals surface area contributed by atoms with Crippen LogP contribution >= 0.6 is 11.3 Å². The molecule has 5 heterocycles. The van der Waals surface area contributed by atoms with Gasteiger partial charge in [-0.05, 0) is 73.4 Å².